The van der Waals surface area contributed by atoms with Crippen molar-refractivity contribution in [3.8, 4) is 6.07 Å². The fourth-order valence-corrected chi connectivity index (χ4v) is 2.26. The van der Waals surface area contributed by atoms with E-state index in [1.807, 2.05) is 6.07 Å². The van der Waals surface area contributed by atoms with E-state index < -0.39 is 6.04 Å². The Morgan fingerprint density at radius 3 is 2.83 bits per heavy atom. The minimum atomic E-state index is -0.441. The Labute approximate surface area is 112 Å². The summed E-state index contributed by atoms with van der Waals surface area (Å²) in [5, 5.41) is 14.2. The highest BCUT2D eigenvalue weighted by molar-refractivity contribution is 9.10. The fraction of sp³-hybridized carbons (Fsp3) is 0.250. The van der Waals surface area contributed by atoms with Crippen LogP contribution in [-0.2, 0) is 9.59 Å². The third-order valence-electron chi connectivity index (χ3n) is 2.61. The predicted molar refractivity (Wildman–Crippen MR) is 68.7 cm³/mol. The number of carbonyl (C=O) groups is 2. The number of halogens is 1. The Kier molecular flexibility index (Phi) is 3.63. The maximum Gasteiger partial charge on any atom is 0.249 e. The molecule has 0 aromatic heterocycles. The number of benzene rings is 1. The average molecular weight is 308 g/mol. The Bertz CT molecular complexity index is 551. The number of anilines is 1. The highest BCUT2D eigenvalue weighted by Crippen LogP contribution is 2.21. The van der Waals surface area contributed by atoms with Crippen molar-refractivity contribution in [1.82, 2.24) is 5.32 Å². The summed E-state index contributed by atoms with van der Waals surface area (Å²) in [6.45, 7) is 0. The zero-order chi connectivity index (χ0) is 13.1. The summed E-state index contributed by atoms with van der Waals surface area (Å²) in [4.78, 5) is 22.6. The first-order valence-electron chi connectivity index (χ1n) is 5.39. The summed E-state index contributed by atoms with van der Waals surface area (Å²) < 4.78 is 0.761. The molecule has 0 radical (unpaired) electrons. The van der Waals surface area contributed by atoms with Crippen LogP contribution in [0.25, 0.3) is 0 Å². The van der Waals surface area contributed by atoms with Gasteiger partial charge in [-0.05, 0) is 24.6 Å². The number of piperidine rings is 1. The number of hydrogen-bond donors (Lipinski definition) is 2. The molecule has 0 bridgehead atoms. The van der Waals surface area contributed by atoms with Gasteiger partial charge in [0.15, 0.2) is 0 Å². The van der Waals surface area contributed by atoms with Gasteiger partial charge in [-0.1, -0.05) is 15.9 Å². The summed E-state index contributed by atoms with van der Waals surface area (Å²) in [6, 6.07) is 6.73. The van der Waals surface area contributed by atoms with Gasteiger partial charge in [-0.3, -0.25) is 14.9 Å². The van der Waals surface area contributed by atoms with Crippen molar-refractivity contribution in [2.45, 2.75) is 18.9 Å². The summed E-state index contributed by atoms with van der Waals surface area (Å²) in [5.74, 6) is -0.574. The molecular weight excluding hydrogens is 298 g/mol. The summed E-state index contributed by atoms with van der Waals surface area (Å²) in [6.07, 6.45) is 0.779. The van der Waals surface area contributed by atoms with Crippen molar-refractivity contribution in [2.24, 2.45) is 0 Å². The molecule has 1 unspecified atom stereocenters. The molecule has 1 saturated heterocycles. The lowest BCUT2D eigenvalue weighted by Crippen LogP contribution is -2.47. The molecule has 1 aromatic carbocycles. The van der Waals surface area contributed by atoms with Crippen LogP contribution in [0.15, 0.2) is 22.7 Å². The van der Waals surface area contributed by atoms with Crippen LogP contribution in [0.3, 0.4) is 0 Å². The van der Waals surface area contributed by atoms with Crippen LogP contribution in [0.5, 0.6) is 0 Å². The van der Waals surface area contributed by atoms with Crippen molar-refractivity contribution < 1.29 is 9.59 Å². The van der Waals surface area contributed by atoms with Gasteiger partial charge in [0.2, 0.25) is 11.8 Å². The molecule has 1 aromatic rings. The van der Waals surface area contributed by atoms with Gasteiger partial charge in [-0.2, -0.15) is 5.26 Å². The second-order valence-electron chi connectivity index (χ2n) is 3.99. The van der Waals surface area contributed by atoms with Crippen molar-refractivity contribution in [2.75, 3.05) is 5.32 Å². The lowest BCUT2D eigenvalue weighted by atomic mass is 10.1. The van der Waals surface area contributed by atoms with E-state index in [1.165, 1.54) is 0 Å². The standard InChI is InChI=1S/C12H10BrN3O2/c13-8-3-7(6-14)4-9(5-8)15-10-1-2-11(17)16-12(10)18/h3-5,10,15H,1-2H2,(H,16,17,18). The predicted octanol–water partition coefficient (Wildman–Crippen LogP) is 1.54. The summed E-state index contributed by atoms with van der Waals surface area (Å²) in [7, 11) is 0. The van der Waals surface area contributed by atoms with Crippen molar-refractivity contribution in [1.29, 1.82) is 5.26 Å². The lowest BCUT2D eigenvalue weighted by Gasteiger charge is -2.22. The Balaban J connectivity index is 2.14. The van der Waals surface area contributed by atoms with Crippen molar-refractivity contribution in [3.05, 3.63) is 28.2 Å². The molecular formula is C12H10BrN3O2. The average Bonchev–Trinajstić information content (AvgIpc) is 2.32. The van der Waals surface area contributed by atoms with Gasteiger partial charge in [0.1, 0.15) is 6.04 Å². The molecule has 1 aliphatic rings. The van der Waals surface area contributed by atoms with Crippen LogP contribution in [0, 0.1) is 11.3 Å². The normalized spacial score (nSPS) is 19.0. The van der Waals surface area contributed by atoms with Crippen molar-refractivity contribution in [3.63, 3.8) is 0 Å². The quantitative estimate of drug-likeness (QED) is 0.812. The first-order chi connectivity index (χ1) is 8.58. The minimum Gasteiger partial charge on any atom is -0.374 e. The molecule has 2 amide bonds. The van der Waals surface area contributed by atoms with E-state index in [4.69, 9.17) is 5.26 Å². The molecule has 18 heavy (non-hydrogen) atoms. The highest BCUT2D eigenvalue weighted by atomic mass is 79.9. The van der Waals surface area contributed by atoms with Crippen LogP contribution in [0.1, 0.15) is 18.4 Å². The molecule has 92 valence electrons. The number of rotatable bonds is 2. The van der Waals surface area contributed by atoms with Crippen LogP contribution in [0.4, 0.5) is 5.69 Å². The van der Waals surface area contributed by atoms with Crippen LogP contribution in [0.2, 0.25) is 0 Å². The zero-order valence-electron chi connectivity index (χ0n) is 9.37. The maximum atomic E-state index is 11.6. The Hall–Kier alpha value is -1.87. The number of imide groups is 1. The molecule has 1 atom stereocenters. The minimum absolute atomic E-state index is 0.245. The second kappa shape index (κ2) is 5.19. The first kappa shape index (κ1) is 12.6. The molecule has 1 aliphatic heterocycles. The van der Waals surface area contributed by atoms with Gasteiger partial charge in [0, 0.05) is 16.6 Å². The van der Waals surface area contributed by atoms with E-state index in [9.17, 15) is 9.59 Å². The molecule has 2 rings (SSSR count). The highest BCUT2D eigenvalue weighted by Gasteiger charge is 2.26. The summed E-state index contributed by atoms with van der Waals surface area (Å²) in [5.41, 5.74) is 1.18. The monoisotopic (exact) mass is 307 g/mol. The van der Waals surface area contributed by atoms with Gasteiger partial charge in [-0.25, -0.2) is 0 Å². The SMILES string of the molecule is N#Cc1cc(Br)cc(NC2CCC(=O)NC2=O)c1. The molecule has 0 spiro atoms. The fourth-order valence-electron chi connectivity index (χ4n) is 1.77. The van der Waals surface area contributed by atoms with Gasteiger partial charge in [0.05, 0.1) is 11.6 Å². The van der Waals surface area contributed by atoms with E-state index >= 15 is 0 Å². The zero-order valence-corrected chi connectivity index (χ0v) is 11.0. The van der Waals surface area contributed by atoms with Crippen molar-refractivity contribution >= 4 is 33.4 Å². The van der Waals surface area contributed by atoms with E-state index in [2.05, 4.69) is 26.6 Å². The number of carbonyl (C=O) groups excluding carboxylic acids is 2. The molecule has 5 nitrogen and oxygen atoms in total. The number of nitrogens with zero attached hydrogens (tertiary/aromatic N) is 1. The third-order valence-corrected chi connectivity index (χ3v) is 3.06. The van der Waals surface area contributed by atoms with Crippen LogP contribution < -0.4 is 10.6 Å². The third kappa shape index (κ3) is 2.87. The largest absolute Gasteiger partial charge is 0.374 e. The molecule has 6 heteroatoms. The van der Waals surface area contributed by atoms with E-state index in [0.717, 1.165) is 4.47 Å². The second-order valence-corrected chi connectivity index (χ2v) is 4.90. The van der Waals surface area contributed by atoms with E-state index in [1.54, 1.807) is 18.2 Å². The van der Waals surface area contributed by atoms with Crippen LogP contribution in [-0.4, -0.2) is 17.9 Å². The molecule has 1 fully saturated rings. The molecule has 0 aliphatic carbocycles. The number of hydrogen-bond acceptors (Lipinski definition) is 4. The van der Waals surface area contributed by atoms with Crippen LogP contribution >= 0.6 is 15.9 Å². The Morgan fingerprint density at radius 2 is 2.17 bits per heavy atom. The number of nitrogens with one attached hydrogen (secondary N) is 2. The maximum absolute atomic E-state index is 11.6. The molecule has 2 N–H and O–H groups in total. The van der Waals surface area contributed by atoms with Gasteiger partial charge >= 0.3 is 0 Å². The number of nitriles is 1. The van der Waals surface area contributed by atoms with E-state index in [-0.39, 0.29) is 11.8 Å². The molecule has 1 heterocycles. The Morgan fingerprint density at radius 1 is 1.39 bits per heavy atom. The van der Waals surface area contributed by atoms with Gasteiger partial charge in [0.25, 0.3) is 0 Å². The van der Waals surface area contributed by atoms with Gasteiger partial charge < -0.3 is 5.32 Å². The number of amides is 2. The van der Waals surface area contributed by atoms with E-state index in [0.29, 0.717) is 24.1 Å². The lowest BCUT2D eigenvalue weighted by molar-refractivity contribution is -0.133. The van der Waals surface area contributed by atoms with Gasteiger partial charge in [-0.15, -0.1) is 0 Å². The first-order valence-corrected chi connectivity index (χ1v) is 6.19. The topological polar surface area (TPSA) is 82.0 Å². The smallest absolute Gasteiger partial charge is 0.249 e. The summed E-state index contributed by atoms with van der Waals surface area (Å²) >= 11 is 3.30. The molecule has 0 saturated carbocycles.